The zero-order valence-electron chi connectivity index (χ0n) is 15.8. The Labute approximate surface area is 162 Å². The number of anilines is 1. The maximum Gasteiger partial charge on any atom is 0.261 e. The summed E-state index contributed by atoms with van der Waals surface area (Å²) in [6, 6.07) is 10.3. The first kappa shape index (κ1) is 19.5. The molecule has 0 fully saturated rings. The largest absolute Gasteiger partial charge is 0.492 e. The highest BCUT2D eigenvalue weighted by atomic mass is 19.1. The summed E-state index contributed by atoms with van der Waals surface area (Å²) in [5, 5.41) is 2.51. The van der Waals surface area contributed by atoms with Gasteiger partial charge in [-0.3, -0.25) is 9.78 Å². The first-order valence-electron chi connectivity index (χ1n) is 8.87. The first-order valence-corrected chi connectivity index (χ1v) is 8.87. The van der Waals surface area contributed by atoms with Crippen molar-refractivity contribution in [2.24, 2.45) is 0 Å². The summed E-state index contributed by atoms with van der Waals surface area (Å²) in [4.78, 5) is 16.6. The SMILES string of the molecule is CCOc1c(C)ncc(-c2ccc(NC(=O)c3c(F)cccc3F)cc2)c1C. The molecule has 0 unspecified atom stereocenters. The van der Waals surface area contributed by atoms with Gasteiger partial charge < -0.3 is 10.1 Å². The van der Waals surface area contributed by atoms with E-state index in [1.807, 2.05) is 32.9 Å². The fraction of sp³-hybridized carbons (Fsp3) is 0.182. The maximum absolute atomic E-state index is 13.7. The normalized spacial score (nSPS) is 10.6. The van der Waals surface area contributed by atoms with Crippen LogP contribution in [0.15, 0.2) is 48.7 Å². The van der Waals surface area contributed by atoms with E-state index in [9.17, 15) is 13.6 Å². The van der Waals surface area contributed by atoms with Gasteiger partial charge in [0.2, 0.25) is 0 Å². The fourth-order valence-electron chi connectivity index (χ4n) is 3.00. The summed E-state index contributed by atoms with van der Waals surface area (Å²) in [7, 11) is 0. The van der Waals surface area contributed by atoms with Gasteiger partial charge in [-0.1, -0.05) is 18.2 Å². The molecule has 1 amide bonds. The van der Waals surface area contributed by atoms with Crippen LogP contribution < -0.4 is 10.1 Å². The van der Waals surface area contributed by atoms with Crippen molar-refractivity contribution in [1.82, 2.24) is 4.98 Å². The number of nitrogens with zero attached hydrogens (tertiary/aromatic N) is 1. The highest BCUT2D eigenvalue weighted by molar-refractivity contribution is 6.04. The van der Waals surface area contributed by atoms with Crippen LogP contribution in [0.5, 0.6) is 5.75 Å². The van der Waals surface area contributed by atoms with Gasteiger partial charge in [-0.05, 0) is 50.6 Å². The third kappa shape index (κ3) is 3.86. The Balaban J connectivity index is 1.85. The average Bonchev–Trinajstić information content (AvgIpc) is 2.66. The summed E-state index contributed by atoms with van der Waals surface area (Å²) in [5.74, 6) is -1.89. The Morgan fingerprint density at radius 3 is 2.32 bits per heavy atom. The van der Waals surface area contributed by atoms with Crippen LogP contribution in [0, 0.1) is 25.5 Å². The summed E-state index contributed by atoms with van der Waals surface area (Å²) in [5.41, 5.74) is 3.41. The van der Waals surface area contributed by atoms with Crippen molar-refractivity contribution >= 4 is 11.6 Å². The predicted molar refractivity (Wildman–Crippen MR) is 105 cm³/mol. The zero-order chi connectivity index (χ0) is 20.3. The lowest BCUT2D eigenvalue weighted by Crippen LogP contribution is -2.15. The predicted octanol–water partition coefficient (Wildman–Crippen LogP) is 5.29. The number of amides is 1. The molecule has 0 radical (unpaired) electrons. The second kappa shape index (κ2) is 8.17. The number of ether oxygens (including phenoxy) is 1. The van der Waals surface area contributed by atoms with E-state index in [0.29, 0.717) is 12.3 Å². The van der Waals surface area contributed by atoms with Gasteiger partial charge in [0.15, 0.2) is 0 Å². The van der Waals surface area contributed by atoms with Crippen LogP contribution in [-0.4, -0.2) is 17.5 Å². The minimum absolute atomic E-state index is 0.430. The Morgan fingerprint density at radius 2 is 1.71 bits per heavy atom. The maximum atomic E-state index is 13.7. The Kier molecular flexibility index (Phi) is 5.68. The second-order valence-electron chi connectivity index (χ2n) is 6.27. The van der Waals surface area contributed by atoms with Crippen molar-refractivity contribution in [1.29, 1.82) is 0 Å². The summed E-state index contributed by atoms with van der Waals surface area (Å²) in [6.45, 7) is 6.32. The van der Waals surface area contributed by atoms with Crippen LogP contribution in [-0.2, 0) is 0 Å². The van der Waals surface area contributed by atoms with E-state index < -0.39 is 23.1 Å². The van der Waals surface area contributed by atoms with Crippen LogP contribution >= 0.6 is 0 Å². The monoisotopic (exact) mass is 382 g/mol. The van der Waals surface area contributed by atoms with Gasteiger partial charge in [0.25, 0.3) is 5.91 Å². The number of aryl methyl sites for hydroxylation is 1. The molecule has 0 aliphatic heterocycles. The van der Waals surface area contributed by atoms with E-state index in [-0.39, 0.29) is 0 Å². The molecule has 0 spiro atoms. The van der Waals surface area contributed by atoms with E-state index >= 15 is 0 Å². The molecule has 3 aromatic rings. The van der Waals surface area contributed by atoms with Crippen molar-refractivity contribution in [2.45, 2.75) is 20.8 Å². The average molecular weight is 382 g/mol. The summed E-state index contributed by atoms with van der Waals surface area (Å²) in [6.07, 6.45) is 1.77. The lowest BCUT2D eigenvalue weighted by molar-refractivity contribution is 0.101. The van der Waals surface area contributed by atoms with Crippen molar-refractivity contribution in [2.75, 3.05) is 11.9 Å². The molecule has 1 aromatic heterocycles. The highest BCUT2D eigenvalue weighted by Gasteiger charge is 2.17. The molecule has 0 bridgehead atoms. The summed E-state index contributed by atoms with van der Waals surface area (Å²) < 4.78 is 33.2. The smallest absolute Gasteiger partial charge is 0.261 e. The lowest BCUT2D eigenvalue weighted by Gasteiger charge is -2.14. The number of hydrogen-bond acceptors (Lipinski definition) is 3. The molecule has 144 valence electrons. The van der Waals surface area contributed by atoms with Gasteiger partial charge in [-0.2, -0.15) is 0 Å². The molecule has 6 heteroatoms. The van der Waals surface area contributed by atoms with Gasteiger partial charge in [0.1, 0.15) is 22.9 Å². The number of halogens is 2. The Hall–Kier alpha value is -3.28. The molecule has 3 rings (SSSR count). The van der Waals surface area contributed by atoms with Gasteiger partial charge in [0.05, 0.1) is 12.3 Å². The Morgan fingerprint density at radius 1 is 1.07 bits per heavy atom. The molecule has 2 aromatic carbocycles. The van der Waals surface area contributed by atoms with Crippen molar-refractivity contribution in [3.05, 3.63) is 77.1 Å². The minimum atomic E-state index is -0.904. The molecule has 1 heterocycles. The summed E-state index contributed by atoms with van der Waals surface area (Å²) >= 11 is 0. The highest BCUT2D eigenvalue weighted by Crippen LogP contribution is 2.32. The molecule has 0 saturated heterocycles. The number of carbonyl (C=O) groups is 1. The minimum Gasteiger partial charge on any atom is -0.492 e. The van der Waals surface area contributed by atoms with Crippen molar-refractivity contribution < 1.29 is 18.3 Å². The first-order chi connectivity index (χ1) is 13.4. The topological polar surface area (TPSA) is 51.2 Å². The van der Waals surface area contributed by atoms with Crippen LogP contribution in [0.4, 0.5) is 14.5 Å². The van der Waals surface area contributed by atoms with Gasteiger partial charge in [0, 0.05) is 23.0 Å². The number of hydrogen-bond donors (Lipinski definition) is 1. The molecule has 0 aliphatic rings. The number of benzene rings is 2. The van der Waals surface area contributed by atoms with Crippen LogP contribution in [0.25, 0.3) is 11.1 Å². The quantitative estimate of drug-likeness (QED) is 0.652. The standard InChI is InChI=1S/C22H20F2N2O2/c1-4-28-21-13(2)17(12-25-14(21)3)15-8-10-16(11-9-15)26-22(27)20-18(23)6-5-7-19(20)24/h5-12H,4H2,1-3H3,(H,26,27). The van der Waals surface area contributed by atoms with Gasteiger partial charge in [-0.25, -0.2) is 8.78 Å². The molecule has 0 atom stereocenters. The molecule has 28 heavy (non-hydrogen) atoms. The van der Waals surface area contributed by atoms with Crippen molar-refractivity contribution in [3.63, 3.8) is 0 Å². The van der Waals surface area contributed by atoms with E-state index in [4.69, 9.17) is 4.74 Å². The number of rotatable bonds is 5. The van der Waals surface area contributed by atoms with Crippen LogP contribution in [0.3, 0.4) is 0 Å². The molecule has 0 aliphatic carbocycles. The molecular weight excluding hydrogens is 362 g/mol. The van der Waals surface area contributed by atoms with Crippen LogP contribution in [0.2, 0.25) is 0 Å². The molecule has 4 nitrogen and oxygen atoms in total. The number of nitrogens with one attached hydrogen (secondary N) is 1. The number of pyridine rings is 1. The van der Waals surface area contributed by atoms with E-state index in [1.165, 1.54) is 6.07 Å². The third-order valence-electron chi connectivity index (χ3n) is 4.39. The zero-order valence-corrected chi connectivity index (χ0v) is 15.8. The van der Waals surface area contributed by atoms with E-state index in [1.54, 1.807) is 18.3 Å². The third-order valence-corrected chi connectivity index (χ3v) is 4.39. The molecule has 1 N–H and O–H groups in total. The second-order valence-corrected chi connectivity index (χ2v) is 6.27. The molecule has 0 saturated carbocycles. The lowest BCUT2D eigenvalue weighted by atomic mass is 10.0. The van der Waals surface area contributed by atoms with Gasteiger partial charge in [-0.15, -0.1) is 0 Å². The van der Waals surface area contributed by atoms with Crippen molar-refractivity contribution in [3.8, 4) is 16.9 Å². The van der Waals surface area contributed by atoms with Gasteiger partial charge >= 0.3 is 0 Å². The van der Waals surface area contributed by atoms with E-state index in [0.717, 1.165) is 40.3 Å². The fourth-order valence-corrected chi connectivity index (χ4v) is 3.00. The molecular formula is C22H20F2N2O2. The number of aromatic nitrogens is 1. The Bertz CT molecular complexity index is 998. The van der Waals surface area contributed by atoms with E-state index in [2.05, 4.69) is 10.3 Å². The number of carbonyl (C=O) groups excluding carboxylic acids is 1. The van der Waals surface area contributed by atoms with Crippen LogP contribution in [0.1, 0.15) is 28.5 Å².